The monoisotopic (exact) mass is 398 g/mol. The third-order valence-corrected chi connectivity index (χ3v) is 5.69. The van der Waals surface area contributed by atoms with Crippen LogP contribution in [0.2, 0.25) is 0 Å². The molecule has 0 bridgehead atoms. The van der Waals surface area contributed by atoms with E-state index in [2.05, 4.69) is 37.8 Å². The van der Waals surface area contributed by atoms with Crippen LogP contribution in [0, 0.1) is 5.82 Å². The zero-order valence-electron chi connectivity index (χ0n) is 16.8. The molecule has 7 nitrogen and oxygen atoms in total. The van der Waals surface area contributed by atoms with E-state index in [1.54, 1.807) is 18.5 Å². The van der Waals surface area contributed by atoms with Crippen LogP contribution in [-0.2, 0) is 11.2 Å². The second-order valence-electron chi connectivity index (χ2n) is 7.70. The minimum atomic E-state index is -0.282. The Labute approximate surface area is 170 Å². The third kappa shape index (κ3) is 4.82. The van der Waals surface area contributed by atoms with E-state index in [9.17, 15) is 9.18 Å². The summed E-state index contributed by atoms with van der Waals surface area (Å²) in [5, 5.41) is 0. The van der Waals surface area contributed by atoms with Gasteiger partial charge < -0.3 is 19.6 Å². The van der Waals surface area contributed by atoms with Crippen LogP contribution in [0.15, 0.2) is 36.7 Å². The van der Waals surface area contributed by atoms with Crippen molar-refractivity contribution in [2.24, 2.45) is 0 Å². The number of aromatic nitrogens is 2. The van der Waals surface area contributed by atoms with Crippen LogP contribution in [0.25, 0.3) is 0 Å². The van der Waals surface area contributed by atoms with E-state index in [4.69, 9.17) is 0 Å². The predicted octanol–water partition coefficient (Wildman–Crippen LogP) is 1.26. The van der Waals surface area contributed by atoms with Gasteiger partial charge in [-0.2, -0.15) is 0 Å². The molecule has 0 N–H and O–H groups in total. The standard InChI is InChI=1S/C21H27FN6O/c1-25-6-8-26(9-7-25)19-15-20(24-16-23-19)27-10-12-28(13-11-27)21(29)14-17-2-4-18(22)5-3-17/h2-5,15-16H,6-14H2,1H3. The molecule has 0 unspecified atom stereocenters. The molecule has 0 spiro atoms. The summed E-state index contributed by atoms with van der Waals surface area (Å²) in [5.74, 6) is 1.69. The molecule has 2 saturated heterocycles. The largest absolute Gasteiger partial charge is 0.354 e. The Morgan fingerprint density at radius 2 is 1.45 bits per heavy atom. The van der Waals surface area contributed by atoms with Gasteiger partial charge in [-0.1, -0.05) is 12.1 Å². The van der Waals surface area contributed by atoms with Crippen molar-refractivity contribution in [1.29, 1.82) is 0 Å². The molecule has 0 radical (unpaired) electrons. The van der Waals surface area contributed by atoms with Crippen LogP contribution >= 0.6 is 0 Å². The quantitative estimate of drug-likeness (QED) is 0.773. The fourth-order valence-electron chi connectivity index (χ4n) is 3.79. The van der Waals surface area contributed by atoms with Gasteiger partial charge in [-0.3, -0.25) is 4.79 Å². The molecule has 8 heteroatoms. The molecular formula is C21H27FN6O. The molecule has 2 aromatic rings. The van der Waals surface area contributed by atoms with Crippen LogP contribution in [-0.4, -0.2) is 85.1 Å². The average molecular weight is 398 g/mol. The maximum atomic E-state index is 13.0. The van der Waals surface area contributed by atoms with Crippen molar-refractivity contribution in [3.63, 3.8) is 0 Å². The van der Waals surface area contributed by atoms with Crippen molar-refractivity contribution in [1.82, 2.24) is 19.8 Å². The highest BCUT2D eigenvalue weighted by Crippen LogP contribution is 2.20. The molecule has 3 heterocycles. The number of hydrogen-bond acceptors (Lipinski definition) is 6. The highest BCUT2D eigenvalue weighted by atomic mass is 19.1. The van der Waals surface area contributed by atoms with Crippen LogP contribution in [0.4, 0.5) is 16.0 Å². The second kappa shape index (κ2) is 8.73. The lowest BCUT2D eigenvalue weighted by molar-refractivity contribution is -0.130. The number of carbonyl (C=O) groups is 1. The van der Waals surface area contributed by atoms with Gasteiger partial charge in [0.25, 0.3) is 0 Å². The van der Waals surface area contributed by atoms with E-state index < -0.39 is 0 Å². The Morgan fingerprint density at radius 1 is 0.897 bits per heavy atom. The van der Waals surface area contributed by atoms with Crippen LogP contribution in [0.1, 0.15) is 5.56 Å². The first-order valence-electron chi connectivity index (χ1n) is 10.1. The van der Waals surface area contributed by atoms with Gasteiger partial charge in [0.1, 0.15) is 23.8 Å². The predicted molar refractivity (Wildman–Crippen MR) is 111 cm³/mol. The van der Waals surface area contributed by atoms with E-state index in [-0.39, 0.29) is 11.7 Å². The molecule has 0 atom stereocenters. The summed E-state index contributed by atoms with van der Waals surface area (Å²) in [5.41, 5.74) is 0.839. The van der Waals surface area contributed by atoms with Crippen molar-refractivity contribution in [2.75, 3.05) is 69.2 Å². The van der Waals surface area contributed by atoms with Crippen LogP contribution in [0.3, 0.4) is 0 Å². The van der Waals surface area contributed by atoms with Gasteiger partial charge in [0.2, 0.25) is 5.91 Å². The van der Waals surface area contributed by atoms with Crippen molar-refractivity contribution in [2.45, 2.75) is 6.42 Å². The van der Waals surface area contributed by atoms with Crippen molar-refractivity contribution in [3.05, 3.63) is 48.0 Å². The summed E-state index contributed by atoms with van der Waals surface area (Å²) in [6.45, 7) is 6.82. The number of amides is 1. The summed E-state index contributed by atoms with van der Waals surface area (Å²) >= 11 is 0. The molecule has 2 fully saturated rings. The van der Waals surface area contributed by atoms with E-state index >= 15 is 0 Å². The average Bonchev–Trinajstić information content (AvgIpc) is 2.76. The highest BCUT2D eigenvalue weighted by molar-refractivity contribution is 5.79. The zero-order valence-corrected chi connectivity index (χ0v) is 16.8. The minimum Gasteiger partial charge on any atom is -0.354 e. The molecule has 4 rings (SSSR count). The number of piperazine rings is 2. The first kappa shape index (κ1) is 19.6. The van der Waals surface area contributed by atoms with Gasteiger partial charge in [-0.15, -0.1) is 0 Å². The second-order valence-corrected chi connectivity index (χ2v) is 7.70. The van der Waals surface area contributed by atoms with E-state index in [1.807, 2.05) is 4.90 Å². The zero-order chi connectivity index (χ0) is 20.2. The molecule has 1 aromatic heterocycles. The Morgan fingerprint density at radius 3 is 2.03 bits per heavy atom. The van der Waals surface area contributed by atoms with Crippen molar-refractivity contribution in [3.8, 4) is 0 Å². The molecule has 1 aromatic carbocycles. The van der Waals surface area contributed by atoms with Crippen LogP contribution in [0.5, 0.6) is 0 Å². The fourth-order valence-corrected chi connectivity index (χ4v) is 3.79. The topological polar surface area (TPSA) is 55.8 Å². The Hall–Kier alpha value is -2.74. The van der Waals surface area contributed by atoms with Crippen LogP contribution < -0.4 is 9.80 Å². The molecule has 2 aliphatic heterocycles. The van der Waals surface area contributed by atoms with Crippen molar-refractivity contribution < 1.29 is 9.18 Å². The van der Waals surface area contributed by atoms with Gasteiger partial charge in [-0.05, 0) is 24.7 Å². The fraction of sp³-hybridized carbons (Fsp3) is 0.476. The Balaban J connectivity index is 1.33. The molecule has 1 amide bonds. The Kier molecular flexibility index (Phi) is 5.89. The number of rotatable bonds is 4. The number of likely N-dealkylation sites (N-methyl/N-ethyl adjacent to an activating group) is 1. The first-order chi connectivity index (χ1) is 14.1. The molecule has 0 saturated carbocycles. The molecular weight excluding hydrogens is 371 g/mol. The Bertz CT molecular complexity index is 829. The van der Waals surface area contributed by atoms with E-state index in [0.29, 0.717) is 19.5 Å². The van der Waals surface area contributed by atoms with E-state index in [0.717, 1.165) is 56.5 Å². The van der Waals surface area contributed by atoms with Crippen molar-refractivity contribution >= 4 is 17.5 Å². The minimum absolute atomic E-state index is 0.0806. The third-order valence-electron chi connectivity index (χ3n) is 5.69. The number of benzene rings is 1. The number of carbonyl (C=O) groups excluding carboxylic acids is 1. The maximum absolute atomic E-state index is 13.0. The molecule has 29 heavy (non-hydrogen) atoms. The lowest BCUT2D eigenvalue weighted by Crippen LogP contribution is -2.49. The lowest BCUT2D eigenvalue weighted by Gasteiger charge is -2.36. The smallest absolute Gasteiger partial charge is 0.227 e. The summed E-state index contributed by atoms with van der Waals surface area (Å²) in [6.07, 6.45) is 1.94. The molecule has 154 valence electrons. The van der Waals surface area contributed by atoms with Gasteiger partial charge in [0, 0.05) is 58.4 Å². The van der Waals surface area contributed by atoms with Gasteiger partial charge in [-0.25, -0.2) is 14.4 Å². The highest BCUT2D eigenvalue weighted by Gasteiger charge is 2.23. The number of halogens is 1. The first-order valence-corrected chi connectivity index (χ1v) is 10.1. The van der Waals surface area contributed by atoms with Gasteiger partial charge in [0.15, 0.2) is 0 Å². The number of hydrogen-bond donors (Lipinski definition) is 0. The van der Waals surface area contributed by atoms with E-state index in [1.165, 1.54) is 12.1 Å². The lowest BCUT2D eigenvalue weighted by atomic mass is 10.1. The number of nitrogens with zero attached hydrogens (tertiary/aromatic N) is 6. The summed E-state index contributed by atoms with van der Waals surface area (Å²) in [6, 6.07) is 8.19. The van der Waals surface area contributed by atoms with Gasteiger partial charge in [0.05, 0.1) is 6.42 Å². The normalized spacial score (nSPS) is 18.2. The van der Waals surface area contributed by atoms with Gasteiger partial charge >= 0.3 is 0 Å². The summed E-state index contributed by atoms with van der Waals surface area (Å²) in [7, 11) is 2.14. The maximum Gasteiger partial charge on any atom is 0.227 e. The molecule has 0 aliphatic carbocycles. The summed E-state index contributed by atoms with van der Waals surface area (Å²) in [4.78, 5) is 30.2. The number of anilines is 2. The SMILES string of the molecule is CN1CCN(c2cc(N3CCN(C(=O)Cc4ccc(F)cc4)CC3)ncn2)CC1. The molecule has 2 aliphatic rings. The summed E-state index contributed by atoms with van der Waals surface area (Å²) < 4.78 is 13.0.